The van der Waals surface area contributed by atoms with Gasteiger partial charge in [-0.2, -0.15) is 0 Å². The number of hydrogen-bond acceptors (Lipinski definition) is 5. The molecule has 1 aromatic carbocycles. The Morgan fingerprint density at radius 2 is 1.88 bits per heavy atom. The Labute approximate surface area is 160 Å². The fourth-order valence-electron chi connectivity index (χ4n) is 3.66. The van der Waals surface area contributed by atoms with Crippen molar-refractivity contribution in [1.29, 1.82) is 0 Å². The number of aryl methyl sites for hydroxylation is 1. The maximum absolute atomic E-state index is 12.5. The van der Waals surface area contributed by atoms with Crippen LogP contribution in [0.15, 0.2) is 39.4 Å². The maximum Gasteiger partial charge on any atom is 0.291 e. The fourth-order valence-corrected chi connectivity index (χ4v) is 3.96. The molecule has 2 saturated heterocycles. The summed E-state index contributed by atoms with van der Waals surface area (Å²) in [5.41, 5.74) is 2.94. The molecule has 3 heterocycles. The summed E-state index contributed by atoms with van der Waals surface area (Å²) in [5, 5.41) is 2.98. The van der Waals surface area contributed by atoms with Crippen LogP contribution in [-0.2, 0) is 9.47 Å². The van der Waals surface area contributed by atoms with Gasteiger partial charge in [0.1, 0.15) is 0 Å². The van der Waals surface area contributed by atoms with Crippen molar-refractivity contribution in [3.05, 3.63) is 46.3 Å². The second-order valence-electron chi connectivity index (χ2n) is 6.62. The van der Waals surface area contributed by atoms with Gasteiger partial charge in [0.2, 0.25) is 0 Å². The molecule has 1 spiro atoms. The van der Waals surface area contributed by atoms with E-state index in [1.165, 1.54) is 0 Å². The monoisotopic (exact) mass is 420 g/mol. The van der Waals surface area contributed by atoms with Crippen LogP contribution >= 0.6 is 15.9 Å². The third-order valence-corrected chi connectivity index (χ3v) is 5.36. The first kappa shape index (κ1) is 17.6. The number of rotatable bonds is 3. The summed E-state index contributed by atoms with van der Waals surface area (Å²) < 4.78 is 17.5. The van der Waals surface area contributed by atoms with E-state index < -0.39 is 5.79 Å². The van der Waals surface area contributed by atoms with Crippen LogP contribution in [0.1, 0.15) is 29.0 Å². The van der Waals surface area contributed by atoms with Gasteiger partial charge in [0, 0.05) is 25.9 Å². The molecule has 0 unspecified atom stereocenters. The molecule has 0 aliphatic carbocycles. The predicted molar refractivity (Wildman–Crippen MR) is 102 cm³/mol. The highest BCUT2D eigenvalue weighted by atomic mass is 79.9. The lowest BCUT2D eigenvalue weighted by atomic mass is 10.0. The van der Waals surface area contributed by atoms with E-state index in [2.05, 4.69) is 39.1 Å². The van der Waals surface area contributed by atoms with E-state index >= 15 is 0 Å². The van der Waals surface area contributed by atoms with E-state index in [9.17, 15) is 4.79 Å². The Morgan fingerprint density at radius 1 is 1.15 bits per heavy atom. The number of hydrogen-bond donors (Lipinski definition) is 1. The molecule has 1 aromatic heterocycles. The molecular formula is C19H21BrN2O4. The summed E-state index contributed by atoms with van der Waals surface area (Å²) in [7, 11) is 0. The number of nitrogens with zero attached hydrogens (tertiary/aromatic N) is 1. The summed E-state index contributed by atoms with van der Waals surface area (Å²) in [6.07, 6.45) is 1.64. The minimum Gasteiger partial charge on any atom is -0.444 e. The number of para-hydroxylation sites is 1. The molecule has 2 aliphatic rings. The van der Waals surface area contributed by atoms with E-state index in [1.54, 1.807) is 12.1 Å². The molecule has 4 rings (SSSR count). The third-order valence-electron chi connectivity index (χ3n) is 4.94. The van der Waals surface area contributed by atoms with Gasteiger partial charge in [0.25, 0.3) is 5.91 Å². The smallest absolute Gasteiger partial charge is 0.291 e. The number of piperidine rings is 1. The summed E-state index contributed by atoms with van der Waals surface area (Å²) in [6.45, 7) is 5.04. The average Bonchev–Trinajstić information content (AvgIpc) is 3.26. The van der Waals surface area contributed by atoms with Gasteiger partial charge < -0.3 is 24.1 Å². The molecule has 6 nitrogen and oxygen atoms in total. The number of amides is 1. The zero-order valence-corrected chi connectivity index (χ0v) is 16.2. The minimum absolute atomic E-state index is 0.265. The van der Waals surface area contributed by atoms with E-state index in [1.807, 2.05) is 12.1 Å². The average molecular weight is 421 g/mol. The summed E-state index contributed by atoms with van der Waals surface area (Å²) in [4.78, 5) is 14.8. The Hall–Kier alpha value is -1.83. The van der Waals surface area contributed by atoms with Crippen molar-refractivity contribution in [2.45, 2.75) is 25.6 Å². The summed E-state index contributed by atoms with van der Waals surface area (Å²) >= 11 is 3.23. The number of anilines is 2. The van der Waals surface area contributed by atoms with Crippen molar-refractivity contribution in [1.82, 2.24) is 0 Å². The van der Waals surface area contributed by atoms with Crippen LogP contribution in [0.3, 0.4) is 0 Å². The number of furan rings is 1. The molecule has 7 heteroatoms. The highest BCUT2D eigenvalue weighted by Gasteiger charge is 2.40. The van der Waals surface area contributed by atoms with E-state index in [0.29, 0.717) is 17.9 Å². The Balaban J connectivity index is 1.54. The lowest BCUT2D eigenvalue weighted by Gasteiger charge is -2.39. The van der Waals surface area contributed by atoms with Crippen LogP contribution in [0.2, 0.25) is 0 Å². The zero-order chi connectivity index (χ0) is 18.1. The maximum atomic E-state index is 12.5. The summed E-state index contributed by atoms with van der Waals surface area (Å²) in [5.74, 6) is -0.406. The number of carbonyl (C=O) groups excluding carboxylic acids is 1. The number of carbonyl (C=O) groups is 1. The fraction of sp³-hybridized carbons (Fsp3) is 0.421. The van der Waals surface area contributed by atoms with Gasteiger partial charge in [-0.05, 0) is 46.6 Å². The quantitative estimate of drug-likeness (QED) is 0.814. The normalized spacial score (nSPS) is 19.1. The molecule has 26 heavy (non-hydrogen) atoms. The predicted octanol–water partition coefficient (Wildman–Crippen LogP) is 3.95. The Bertz CT molecular complexity index is 804. The van der Waals surface area contributed by atoms with Crippen molar-refractivity contribution in [2.75, 3.05) is 36.5 Å². The molecular weight excluding hydrogens is 400 g/mol. The highest BCUT2D eigenvalue weighted by Crippen LogP contribution is 2.37. The molecule has 1 N–H and O–H groups in total. The Morgan fingerprint density at radius 3 is 2.54 bits per heavy atom. The van der Waals surface area contributed by atoms with Crippen LogP contribution in [-0.4, -0.2) is 38.0 Å². The van der Waals surface area contributed by atoms with Gasteiger partial charge in [-0.3, -0.25) is 4.79 Å². The number of halogens is 1. The third kappa shape index (κ3) is 3.39. The Kier molecular flexibility index (Phi) is 4.77. The van der Waals surface area contributed by atoms with Crippen LogP contribution in [0, 0.1) is 6.92 Å². The molecule has 2 aliphatic heterocycles. The van der Waals surface area contributed by atoms with E-state index in [0.717, 1.165) is 42.9 Å². The van der Waals surface area contributed by atoms with Gasteiger partial charge >= 0.3 is 0 Å². The van der Waals surface area contributed by atoms with Gasteiger partial charge in [-0.25, -0.2) is 0 Å². The van der Waals surface area contributed by atoms with Crippen molar-refractivity contribution in [3.8, 4) is 0 Å². The molecule has 1 amide bonds. The molecule has 0 saturated carbocycles. The van der Waals surface area contributed by atoms with Gasteiger partial charge in [0.15, 0.2) is 16.2 Å². The van der Waals surface area contributed by atoms with Crippen LogP contribution in [0.5, 0.6) is 0 Å². The lowest BCUT2D eigenvalue weighted by molar-refractivity contribution is -0.169. The SMILES string of the molecule is Cc1cccc(NC(=O)c2ccc(Br)o2)c1N1CCC2(CC1)OCCO2. The first-order valence-electron chi connectivity index (χ1n) is 8.75. The van der Waals surface area contributed by atoms with Gasteiger partial charge in [-0.1, -0.05) is 12.1 Å². The molecule has 138 valence electrons. The lowest BCUT2D eigenvalue weighted by Crippen LogP contribution is -2.45. The van der Waals surface area contributed by atoms with E-state index in [-0.39, 0.29) is 11.7 Å². The second-order valence-corrected chi connectivity index (χ2v) is 7.41. The first-order valence-corrected chi connectivity index (χ1v) is 9.55. The first-order chi connectivity index (χ1) is 12.6. The topological polar surface area (TPSA) is 63.9 Å². The highest BCUT2D eigenvalue weighted by molar-refractivity contribution is 9.10. The molecule has 0 bridgehead atoms. The van der Waals surface area contributed by atoms with Crippen molar-refractivity contribution in [3.63, 3.8) is 0 Å². The number of benzene rings is 1. The molecule has 2 aromatic rings. The number of ether oxygens (including phenoxy) is 2. The molecule has 0 radical (unpaired) electrons. The van der Waals surface area contributed by atoms with Crippen LogP contribution < -0.4 is 10.2 Å². The van der Waals surface area contributed by atoms with Gasteiger partial charge in [0.05, 0.1) is 24.6 Å². The van der Waals surface area contributed by atoms with Crippen LogP contribution in [0.25, 0.3) is 0 Å². The van der Waals surface area contributed by atoms with Gasteiger partial charge in [-0.15, -0.1) is 0 Å². The zero-order valence-electron chi connectivity index (χ0n) is 14.6. The van der Waals surface area contributed by atoms with Crippen molar-refractivity contribution >= 4 is 33.2 Å². The van der Waals surface area contributed by atoms with E-state index in [4.69, 9.17) is 13.9 Å². The minimum atomic E-state index is -0.414. The molecule has 0 atom stereocenters. The standard InChI is InChI=1S/C19H21BrN2O4/c1-13-3-2-4-14(21-18(23)15-5-6-16(20)26-15)17(13)22-9-7-19(8-10-22)24-11-12-25-19/h2-6H,7-12H2,1H3,(H,21,23). The second kappa shape index (κ2) is 7.06. The molecule has 2 fully saturated rings. The number of nitrogens with one attached hydrogen (secondary N) is 1. The van der Waals surface area contributed by atoms with Crippen molar-refractivity contribution < 1.29 is 18.7 Å². The largest absolute Gasteiger partial charge is 0.444 e. The van der Waals surface area contributed by atoms with Crippen LogP contribution in [0.4, 0.5) is 11.4 Å². The summed E-state index contributed by atoms with van der Waals surface area (Å²) in [6, 6.07) is 9.28. The van der Waals surface area contributed by atoms with Crippen molar-refractivity contribution in [2.24, 2.45) is 0 Å².